The van der Waals surface area contributed by atoms with Crippen molar-refractivity contribution in [3.63, 3.8) is 0 Å². The van der Waals surface area contributed by atoms with Crippen molar-refractivity contribution < 1.29 is 51.7 Å². The molecule has 4 N–H and O–H groups in total. The van der Waals surface area contributed by atoms with E-state index in [4.69, 9.17) is 31.5 Å². The Labute approximate surface area is 370 Å². The highest BCUT2D eigenvalue weighted by atomic mass is 35.5. The normalized spacial score (nSPS) is 21.7. The predicted octanol–water partition coefficient (Wildman–Crippen LogP) is 4.12. The van der Waals surface area contributed by atoms with Gasteiger partial charge >= 0.3 is 24.3 Å². The number of aliphatic hydroxyl groups excluding tert-OH is 1. The highest BCUT2D eigenvalue weighted by molar-refractivity contribution is 6.33. The van der Waals surface area contributed by atoms with Gasteiger partial charge in [0.05, 0.1) is 29.9 Å². The van der Waals surface area contributed by atoms with E-state index in [1.54, 1.807) is 23.0 Å². The second-order valence-corrected chi connectivity index (χ2v) is 17.4. The van der Waals surface area contributed by atoms with Gasteiger partial charge in [-0.25, -0.2) is 9.59 Å². The summed E-state index contributed by atoms with van der Waals surface area (Å²) in [4.78, 5) is 64.9. The Morgan fingerprint density at radius 3 is 2.29 bits per heavy atom. The van der Waals surface area contributed by atoms with E-state index in [1.807, 2.05) is 17.0 Å². The fourth-order valence-electron chi connectivity index (χ4n) is 9.40. The van der Waals surface area contributed by atoms with Crippen LogP contribution in [0, 0.1) is 0 Å². The number of piperidine rings is 2. The number of nitrogens with one attached hydrogen (secondary N) is 1. The van der Waals surface area contributed by atoms with Crippen molar-refractivity contribution in [3.05, 3.63) is 52.0 Å². The minimum atomic E-state index is -4.81. The molecule has 5 heterocycles. The van der Waals surface area contributed by atoms with Gasteiger partial charge in [-0.2, -0.15) is 13.2 Å². The van der Waals surface area contributed by atoms with Crippen LogP contribution >= 0.6 is 11.6 Å². The van der Waals surface area contributed by atoms with Gasteiger partial charge in [0.15, 0.2) is 6.10 Å². The number of esters is 1. The van der Waals surface area contributed by atoms with E-state index < -0.39 is 41.8 Å². The molecule has 5 aliphatic rings. The third kappa shape index (κ3) is 11.6. The molecule has 0 bridgehead atoms. The number of likely N-dealkylation sites (tertiary alicyclic amines) is 3. The van der Waals surface area contributed by atoms with E-state index in [-0.39, 0.29) is 67.3 Å². The molecule has 4 amide bonds. The first-order valence-corrected chi connectivity index (χ1v) is 22.2. The largest absolute Gasteiger partial charge is 0.497 e. The monoisotopic (exact) mass is 906 g/mol. The Morgan fingerprint density at radius 2 is 1.62 bits per heavy atom. The van der Waals surface area contributed by atoms with E-state index in [9.17, 15) is 37.5 Å². The number of ether oxygens (including phenoxy) is 3. The third-order valence-electron chi connectivity index (χ3n) is 13.1. The number of hydrogen-bond acceptors (Lipinski definition) is 12. The predicted molar refractivity (Wildman–Crippen MR) is 227 cm³/mol. The van der Waals surface area contributed by atoms with Gasteiger partial charge < -0.3 is 45.1 Å². The lowest BCUT2D eigenvalue weighted by molar-refractivity contribution is -0.146. The number of urea groups is 1. The second kappa shape index (κ2) is 20.5. The van der Waals surface area contributed by atoms with Crippen LogP contribution in [0.15, 0.2) is 30.3 Å². The quantitative estimate of drug-likeness (QED) is 0.206. The van der Waals surface area contributed by atoms with E-state index in [0.717, 1.165) is 49.8 Å². The number of piperazine rings is 1. The van der Waals surface area contributed by atoms with Crippen LogP contribution in [0.1, 0.15) is 55.2 Å². The van der Waals surface area contributed by atoms with Crippen molar-refractivity contribution in [2.75, 3.05) is 103 Å². The molecule has 2 aromatic carbocycles. The number of methoxy groups -OCH3 is 1. The van der Waals surface area contributed by atoms with Crippen molar-refractivity contribution in [3.8, 4) is 5.75 Å². The molecule has 346 valence electrons. The molecule has 20 heteroatoms. The lowest BCUT2D eigenvalue weighted by atomic mass is 9.99. The van der Waals surface area contributed by atoms with Gasteiger partial charge in [-0.3, -0.25) is 24.3 Å². The van der Waals surface area contributed by atoms with Gasteiger partial charge in [0.1, 0.15) is 18.6 Å². The number of amides is 4. The first-order chi connectivity index (χ1) is 30.2. The average molecular weight is 907 g/mol. The lowest BCUT2D eigenvalue weighted by Gasteiger charge is -2.43. The van der Waals surface area contributed by atoms with Crippen molar-refractivity contribution in [2.45, 2.75) is 82.0 Å². The minimum absolute atomic E-state index is 0.0409. The molecule has 2 atom stereocenters. The maximum absolute atomic E-state index is 14.2. The van der Waals surface area contributed by atoms with E-state index >= 15 is 0 Å². The smallest absolute Gasteiger partial charge is 0.418 e. The van der Waals surface area contributed by atoms with Crippen molar-refractivity contribution in [1.29, 1.82) is 0 Å². The highest BCUT2D eigenvalue weighted by Crippen LogP contribution is 2.38. The molecular formula is C43H58ClF3N8O8. The van der Waals surface area contributed by atoms with Crippen LogP contribution in [-0.4, -0.2) is 175 Å². The Morgan fingerprint density at radius 1 is 0.921 bits per heavy atom. The summed E-state index contributed by atoms with van der Waals surface area (Å²) in [5.74, 6) is -0.117. The summed E-state index contributed by atoms with van der Waals surface area (Å²) in [5.41, 5.74) is 5.64. The molecule has 0 aliphatic carbocycles. The summed E-state index contributed by atoms with van der Waals surface area (Å²) in [6.07, 6.45) is -3.38. The summed E-state index contributed by atoms with van der Waals surface area (Å²) in [5, 5.41) is 12.6. The number of carbonyl (C=O) groups excluding carboxylic acids is 4. The zero-order chi connectivity index (χ0) is 44.8. The molecule has 5 aliphatic heterocycles. The molecule has 2 aromatic rings. The highest BCUT2D eigenvalue weighted by Gasteiger charge is 2.39. The molecule has 0 aromatic heterocycles. The molecule has 0 radical (unpaired) electrons. The fraction of sp³-hybridized carbons (Fsp3) is 0.628. The Hall–Kier alpha value is -4.56. The Bertz CT molecular complexity index is 1960. The maximum Gasteiger partial charge on any atom is 0.418 e. The van der Waals surface area contributed by atoms with Crippen molar-refractivity contribution in [1.82, 2.24) is 29.4 Å². The molecule has 4 fully saturated rings. The van der Waals surface area contributed by atoms with Crippen LogP contribution < -0.4 is 15.8 Å². The number of aliphatic hydroxyl groups is 1. The number of halogens is 4. The molecule has 0 saturated carbocycles. The fourth-order valence-corrected chi connectivity index (χ4v) is 9.64. The molecule has 63 heavy (non-hydrogen) atoms. The van der Waals surface area contributed by atoms with E-state index in [2.05, 4.69) is 15.1 Å². The van der Waals surface area contributed by atoms with Crippen LogP contribution in [0.25, 0.3) is 0 Å². The number of nitrogen functional groups attached to an aromatic ring is 1. The lowest BCUT2D eigenvalue weighted by Crippen LogP contribution is -2.55. The van der Waals surface area contributed by atoms with Gasteiger partial charge in [0.25, 0.3) is 5.91 Å². The minimum Gasteiger partial charge on any atom is -0.497 e. The van der Waals surface area contributed by atoms with Crippen molar-refractivity contribution >= 4 is 47.0 Å². The van der Waals surface area contributed by atoms with Crippen LogP contribution in [0.5, 0.6) is 5.75 Å². The van der Waals surface area contributed by atoms with Crippen LogP contribution in [-0.2, 0) is 38.1 Å². The molecule has 16 nitrogen and oxygen atoms in total. The first-order valence-electron chi connectivity index (χ1n) is 21.8. The molecule has 0 spiro atoms. The zero-order valence-electron chi connectivity index (χ0n) is 35.6. The van der Waals surface area contributed by atoms with E-state index in [1.165, 1.54) is 11.0 Å². The zero-order valence-corrected chi connectivity index (χ0v) is 36.4. The Kier molecular flexibility index (Phi) is 15.1. The summed E-state index contributed by atoms with van der Waals surface area (Å²) in [7, 11) is 1.58. The number of carbonyl (C=O) groups is 4. The number of alkyl halides is 3. The molecule has 4 saturated heterocycles. The van der Waals surface area contributed by atoms with Crippen LogP contribution in [0.2, 0.25) is 5.02 Å². The van der Waals surface area contributed by atoms with Gasteiger partial charge in [-0.15, -0.1) is 0 Å². The first kappa shape index (κ1) is 46.4. The standard InChI is InChI=1S/C43H58ClF3N8O8/c1-61-32-4-5-35-29(26-32)6-16-55(41(59)49-35)31-9-14-54(15-10-31)42(60)63-36(25-28-23-33(43(45,46)47)39(48)34(44)24-28)40(58)53-12-7-30(8-13-53)51-19-17-50(18-20-51)27-38(57)62-22-21-52-11-2-3-37(52)56/h4-5,23-24,26,30-31,36-37,56H,2-3,6-22,25,27,48H2,1H3,(H,49,59)/t36-,37?/m1/s1. The van der Waals surface area contributed by atoms with Gasteiger partial charge in [0.2, 0.25) is 0 Å². The van der Waals surface area contributed by atoms with Gasteiger partial charge in [0, 0.05) is 96.2 Å². The maximum atomic E-state index is 14.2. The number of fused-ring (bicyclic) bond motifs is 1. The molecule has 1 unspecified atom stereocenters. The number of nitrogens with zero attached hydrogens (tertiary/aromatic N) is 6. The van der Waals surface area contributed by atoms with Crippen molar-refractivity contribution in [2.24, 2.45) is 0 Å². The number of benzene rings is 2. The number of nitrogens with two attached hydrogens (primary N) is 1. The second-order valence-electron chi connectivity index (χ2n) is 17.0. The number of rotatable bonds is 12. The van der Waals surface area contributed by atoms with Crippen LogP contribution in [0.4, 0.5) is 34.1 Å². The SMILES string of the molecule is COc1ccc2c(c1)CCN(C1CCN(C(=O)O[C@H](Cc3cc(Cl)c(N)c(C(F)(F)F)c3)C(=O)N3CCC(N4CCN(CC(=O)OCCN5CCCC5O)CC4)CC3)CC1)C(=O)N2. The third-order valence-corrected chi connectivity index (χ3v) is 13.4. The summed E-state index contributed by atoms with van der Waals surface area (Å²) in [6, 6.07) is 7.38. The number of anilines is 2. The Balaban J connectivity index is 0.929. The number of hydrogen-bond donors (Lipinski definition) is 3. The van der Waals surface area contributed by atoms with Gasteiger partial charge in [-0.05, 0) is 86.4 Å². The topological polar surface area (TPSA) is 174 Å². The summed E-state index contributed by atoms with van der Waals surface area (Å²) >= 11 is 6.16. The van der Waals surface area contributed by atoms with Crippen LogP contribution in [0.3, 0.4) is 0 Å². The van der Waals surface area contributed by atoms with Gasteiger partial charge in [-0.1, -0.05) is 11.6 Å². The van der Waals surface area contributed by atoms with E-state index in [0.29, 0.717) is 77.1 Å². The summed E-state index contributed by atoms with van der Waals surface area (Å²) < 4.78 is 58.6. The summed E-state index contributed by atoms with van der Waals surface area (Å²) in [6.45, 7) is 6.19. The average Bonchev–Trinajstić information content (AvgIpc) is 3.60. The molecular weight excluding hydrogens is 849 g/mol. The molecule has 7 rings (SSSR count).